The van der Waals surface area contributed by atoms with Crippen LogP contribution in [0.15, 0.2) is 71.8 Å². The van der Waals surface area contributed by atoms with Gasteiger partial charge in [0.05, 0.1) is 11.6 Å². The summed E-state index contributed by atoms with van der Waals surface area (Å²) in [5.41, 5.74) is 1.15. The quantitative estimate of drug-likeness (QED) is 0.490. The van der Waals surface area contributed by atoms with Crippen LogP contribution in [0.4, 0.5) is 8.78 Å². The number of hydrogen-bond acceptors (Lipinski definition) is 2. The van der Waals surface area contributed by atoms with E-state index in [0.717, 1.165) is 0 Å². The molecule has 0 aliphatic heterocycles. The Morgan fingerprint density at radius 2 is 1.71 bits per heavy atom. The van der Waals surface area contributed by atoms with Crippen molar-refractivity contribution in [3.63, 3.8) is 0 Å². The lowest BCUT2D eigenvalue weighted by atomic mass is 10.2. The minimum absolute atomic E-state index is 0.0240. The number of carbonyl (C=O) groups excluding carboxylic acids is 1. The molecule has 0 fully saturated rings. The van der Waals surface area contributed by atoms with Gasteiger partial charge in [-0.15, -0.1) is 0 Å². The predicted octanol–water partition coefficient (Wildman–Crippen LogP) is 4.10. The van der Waals surface area contributed by atoms with E-state index in [1.165, 1.54) is 28.8 Å². The summed E-state index contributed by atoms with van der Waals surface area (Å²) in [6, 6.07) is 14.1. The van der Waals surface area contributed by atoms with E-state index in [9.17, 15) is 18.4 Å². The number of rotatable bonds is 6. The summed E-state index contributed by atoms with van der Waals surface area (Å²) in [7, 11) is 0. The van der Waals surface area contributed by atoms with Gasteiger partial charge in [-0.1, -0.05) is 35.9 Å². The van der Waals surface area contributed by atoms with E-state index in [0.29, 0.717) is 22.0 Å². The maximum Gasteiger partial charge on any atom is 0.275 e. The molecule has 158 valence electrons. The standard InChI is InChI=1S/C23H18ClF2N3O2/c24-18-11-15(5-6-20(18)26)12-27-21(30)14-29-10-8-16-7-9-28(22(16)23(29)31)13-17-3-1-2-4-19(17)25/h1-11H,12-14H2,(H,27,30). The Bertz CT molecular complexity index is 1330. The van der Waals surface area contributed by atoms with E-state index < -0.39 is 5.82 Å². The van der Waals surface area contributed by atoms with Crippen LogP contribution in [0.1, 0.15) is 11.1 Å². The highest BCUT2D eigenvalue weighted by molar-refractivity contribution is 6.30. The first-order valence-corrected chi connectivity index (χ1v) is 9.92. The van der Waals surface area contributed by atoms with Crippen LogP contribution in [0.3, 0.4) is 0 Å². The highest BCUT2D eigenvalue weighted by Gasteiger charge is 2.12. The summed E-state index contributed by atoms with van der Waals surface area (Å²) in [5, 5.41) is 3.37. The zero-order valence-corrected chi connectivity index (χ0v) is 17.1. The fraction of sp³-hybridized carbons (Fsp3) is 0.130. The molecule has 0 bridgehead atoms. The zero-order valence-electron chi connectivity index (χ0n) is 16.3. The largest absolute Gasteiger partial charge is 0.350 e. The molecule has 1 amide bonds. The molecular formula is C23H18ClF2N3O2. The lowest BCUT2D eigenvalue weighted by molar-refractivity contribution is -0.121. The molecule has 0 saturated carbocycles. The number of nitrogens with one attached hydrogen (secondary N) is 1. The van der Waals surface area contributed by atoms with Crippen molar-refractivity contribution in [1.82, 2.24) is 14.5 Å². The lowest BCUT2D eigenvalue weighted by Crippen LogP contribution is -2.32. The molecule has 2 aromatic heterocycles. The fourth-order valence-corrected chi connectivity index (χ4v) is 3.57. The van der Waals surface area contributed by atoms with E-state index in [4.69, 9.17) is 11.6 Å². The molecule has 2 heterocycles. The maximum atomic E-state index is 14.0. The summed E-state index contributed by atoms with van der Waals surface area (Å²) in [6.07, 6.45) is 3.27. The smallest absolute Gasteiger partial charge is 0.275 e. The number of carbonyl (C=O) groups is 1. The topological polar surface area (TPSA) is 56.0 Å². The maximum absolute atomic E-state index is 14.0. The van der Waals surface area contributed by atoms with Crippen LogP contribution >= 0.6 is 11.6 Å². The third kappa shape index (κ3) is 4.51. The SMILES string of the molecule is O=C(Cn1ccc2ccn(Cc3ccccc3F)c2c1=O)NCc1ccc(F)c(Cl)c1. The fourth-order valence-electron chi connectivity index (χ4n) is 3.37. The Kier molecular flexibility index (Phi) is 5.86. The van der Waals surface area contributed by atoms with E-state index in [1.54, 1.807) is 47.3 Å². The van der Waals surface area contributed by atoms with Crippen molar-refractivity contribution < 1.29 is 13.6 Å². The molecule has 0 saturated heterocycles. The second-order valence-electron chi connectivity index (χ2n) is 7.11. The lowest BCUT2D eigenvalue weighted by Gasteiger charge is -2.10. The molecule has 1 N–H and O–H groups in total. The molecule has 0 spiro atoms. The Labute approximate surface area is 181 Å². The molecule has 0 atom stereocenters. The van der Waals surface area contributed by atoms with Crippen LogP contribution in [0.5, 0.6) is 0 Å². The molecule has 0 aliphatic rings. The minimum atomic E-state index is -0.532. The Morgan fingerprint density at radius 3 is 2.45 bits per heavy atom. The number of amides is 1. The molecule has 4 aromatic rings. The van der Waals surface area contributed by atoms with Gasteiger partial charge in [-0.3, -0.25) is 9.59 Å². The molecule has 5 nitrogen and oxygen atoms in total. The highest BCUT2D eigenvalue weighted by Crippen LogP contribution is 2.17. The molecular weight excluding hydrogens is 424 g/mol. The first kappa shape index (κ1) is 20.8. The van der Waals surface area contributed by atoms with Gasteiger partial charge < -0.3 is 14.5 Å². The Morgan fingerprint density at radius 1 is 0.968 bits per heavy atom. The van der Waals surface area contributed by atoms with Crippen LogP contribution in [-0.2, 0) is 24.4 Å². The third-order valence-electron chi connectivity index (χ3n) is 4.98. The van der Waals surface area contributed by atoms with Gasteiger partial charge in [0.1, 0.15) is 23.7 Å². The van der Waals surface area contributed by atoms with Gasteiger partial charge in [-0.2, -0.15) is 0 Å². The zero-order chi connectivity index (χ0) is 22.0. The van der Waals surface area contributed by atoms with Gasteiger partial charge in [-0.25, -0.2) is 8.78 Å². The second-order valence-corrected chi connectivity index (χ2v) is 7.52. The van der Waals surface area contributed by atoms with Crippen LogP contribution in [-0.4, -0.2) is 15.0 Å². The number of fused-ring (bicyclic) bond motifs is 1. The van der Waals surface area contributed by atoms with Crippen molar-refractivity contribution in [2.75, 3.05) is 0 Å². The molecule has 2 aromatic carbocycles. The van der Waals surface area contributed by atoms with Crippen LogP contribution in [0, 0.1) is 11.6 Å². The van der Waals surface area contributed by atoms with E-state index in [1.807, 2.05) is 0 Å². The van der Waals surface area contributed by atoms with Gasteiger partial charge in [0, 0.05) is 29.9 Å². The van der Waals surface area contributed by atoms with Crippen molar-refractivity contribution in [3.05, 3.63) is 105 Å². The van der Waals surface area contributed by atoms with Crippen molar-refractivity contribution >= 4 is 28.4 Å². The molecule has 0 aliphatic carbocycles. The number of nitrogens with zero attached hydrogens (tertiary/aromatic N) is 2. The van der Waals surface area contributed by atoms with Crippen LogP contribution < -0.4 is 10.9 Å². The molecule has 31 heavy (non-hydrogen) atoms. The number of hydrogen-bond donors (Lipinski definition) is 1. The normalized spacial score (nSPS) is 11.1. The third-order valence-corrected chi connectivity index (χ3v) is 5.27. The number of pyridine rings is 1. The average Bonchev–Trinajstić information content (AvgIpc) is 3.16. The monoisotopic (exact) mass is 441 g/mol. The average molecular weight is 442 g/mol. The molecule has 4 rings (SSSR count). The molecule has 0 unspecified atom stereocenters. The first-order chi connectivity index (χ1) is 14.9. The predicted molar refractivity (Wildman–Crippen MR) is 115 cm³/mol. The van der Waals surface area contributed by atoms with Crippen molar-refractivity contribution in [3.8, 4) is 0 Å². The number of aromatic nitrogens is 2. The summed E-state index contributed by atoms with van der Waals surface area (Å²) >= 11 is 5.75. The number of halogens is 3. The van der Waals surface area contributed by atoms with Gasteiger partial charge >= 0.3 is 0 Å². The Balaban J connectivity index is 1.52. The molecule has 0 radical (unpaired) electrons. The van der Waals surface area contributed by atoms with E-state index >= 15 is 0 Å². The van der Waals surface area contributed by atoms with Crippen molar-refractivity contribution in [2.24, 2.45) is 0 Å². The van der Waals surface area contributed by atoms with E-state index in [-0.39, 0.29) is 41.9 Å². The summed E-state index contributed by atoms with van der Waals surface area (Å²) in [6.45, 7) is 0.168. The van der Waals surface area contributed by atoms with Crippen LogP contribution in [0.2, 0.25) is 5.02 Å². The van der Waals surface area contributed by atoms with Crippen molar-refractivity contribution in [1.29, 1.82) is 0 Å². The second kappa shape index (κ2) is 8.73. The first-order valence-electron chi connectivity index (χ1n) is 9.54. The van der Waals surface area contributed by atoms with Crippen LogP contribution in [0.25, 0.3) is 10.9 Å². The van der Waals surface area contributed by atoms with Crippen molar-refractivity contribution in [2.45, 2.75) is 19.6 Å². The van der Waals surface area contributed by atoms with E-state index in [2.05, 4.69) is 5.32 Å². The summed E-state index contributed by atoms with van der Waals surface area (Å²) in [4.78, 5) is 25.3. The van der Waals surface area contributed by atoms with Gasteiger partial charge in [0.15, 0.2) is 0 Å². The minimum Gasteiger partial charge on any atom is -0.350 e. The number of benzene rings is 2. The summed E-state index contributed by atoms with van der Waals surface area (Å²) < 4.78 is 30.2. The Hall–Kier alpha value is -3.45. The highest BCUT2D eigenvalue weighted by atomic mass is 35.5. The van der Waals surface area contributed by atoms with Gasteiger partial charge in [0.25, 0.3) is 5.56 Å². The summed E-state index contributed by atoms with van der Waals surface area (Å²) in [5.74, 6) is -1.26. The van der Waals surface area contributed by atoms with Gasteiger partial charge in [0.2, 0.25) is 5.91 Å². The molecule has 8 heteroatoms. The van der Waals surface area contributed by atoms with Gasteiger partial charge in [-0.05, 0) is 35.9 Å².